The van der Waals surface area contributed by atoms with Crippen molar-refractivity contribution in [2.75, 3.05) is 19.0 Å². The van der Waals surface area contributed by atoms with Gasteiger partial charge < -0.3 is 10.6 Å². The van der Waals surface area contributed by atoms with Crippen LogP contribution in [0.25, 0.3) is 6.08 Å². The lowest BCUT2D eigenvalue weighted by atomic mass is 10.0. The van der Waals surface area contributed by atoms with Crippen molar-refractivity contribution in [2.24, 2.45) is 5.73 Å². The molecule has 0 saturated carbocycles. The highest BCUT2D eigenvalue weighted by molar-refractivity contribution is 8.03. The van der Waals surface area contributed by atoms with Gasteiger partial charge in [0.25, 0.3) is 0 Å². The summed E-state index contributed by atoms with van der Waals surface area (Å²) in [5, 5.41) is 0. The predicted octanol–water partition coefficient (Wildman–Crippen LogP) is 3.02. The van der Waals surface area contributed by atoms with Crippen molar-refractivity contribution in [3.63, 3.8) is 0 Å². The van der Waals surface area contributed by atoms with Gasteiger partial charge in [-0.05, 0) is 35.4 Å². The van der Waals surface area contributed by atoms with E-state index in [1.165, 1.54) is 26.6 Å². The summed E-state index contributed by atoms with van der Waals surface area (Å²) in [4.78, 5) is 4.70. The lowest BCUT2D eigenvalue weighted by Crippen LogP contribution is -2.17. The number of benzene rings is 1. The van der Waals surface area contributed by atoms with Crippen molar-refractivity contribution >= 4 is 23.5 Å². The first-order valence-corrected chi connectivity index (χ1v) is 6.82. The average Bonchev–Trinajstić information content (AvgIpc) is 2.35. The van der Waals surface area contributed by atoms with Gasteiger partial charge in [-0.2, -0.15) is 0 Å². The average molecular weight is 256 g/mol. The number of anilines is 1. The van der Waals surface area contributed by atoms with Crippen LogP contribution < -0.4 is 10.6 Å². The van der Waals surface area contributed by atoms with Gasteiger partial charge in [-0.1, -0.05) is 30.0 Å². The molecule has 92 valence electrons. The Morgan fingerprint density at radius 3 is 2.89 bits per heavy atom. The van der Waals surface area contributed by atoms with Crippen LogP contribution in [0, 0.1) is 0 Å². The fourth-order valence-corrected chi connectivity index (χ4v) is 3.26. The van der Waals surface area contributed by atoms with E-state index in [1.54, 1.807) is 0 Å². The minimum absolute atomic E-state index is 0.0447. The quantitative estimate of drug-likeness (QED) is 0.837. The fourth-order valence-electron chi connectivity index (χ4n) is 2.13. The molecular weight excluding hydrogens is 240 g/mol. The van der Waals surface area contributed by atoms with E-state index in [0.29, 0.717) is 0 Å². The molecule has 1 aliphatic heterocycles. The van der Waals surface area contributed by atoms with Gasteiger partial charge in [0.15, 0.2) is 0 Å². The summed E-state index contributed by atoms with van der Waals surface area (Å²) in [6.07, 6.45) is 8.52. The lowest BCUT2D eigenvalue weighted by molar-refractivity contribution is 1.01. The van der Waals surface area contributed by atoms with Crippen LogP contribution in [0.15, 0.2) is 51.8 Å². The SMILES string of the molecule is CN(C)c1ccc2c(c1)SC1=CC(N)C=CC1=C2. The Balaban J connectivity index is 2.05. The molecule has 3 heteroatoms. The predicted molar refractivity (Wildman–Crippen MR) is 79.8 cm³/mol. The molecule has 0 radical (unpaired) electrons. The zero-order chi connectivity index (χ0) is 12.7. The Morgan fingerprint density at radius 1 is 1.28 bits per heavy atom. The van der Waals surface area contributed by atoms with Crippen LogP contribution in [0.3, 0.4) is 0 Å². The summed E-state index contributed by atoms with van der Waals surface area (Å²) in [7, 11) is 4.13. The van der Waals surface area contributed by atoms with Crippen molar-refractivity contribution in [3.8, 4) is 0 Å². The zero-order valence-corrected chi connectivity index (χ0v) is 11.4. The van der Waals surface area contributed by atoms with E-state index < -0.39 is 0 Å². The maximum atomic E-state index is 5.93. The summed E-state index contributed by atoms with van der Waals surface area (Å²) in [5.41, 5.74) is 9.72. The summed E-state index contributed by atoms with van der Waals surface area (Å²) in [5.74, 6) is 0. The van der Waals surface area contributed by atoms with Gasteiger partial charge in [-0.25, -0.2) is 0 Å². The summed E-state index contributed by atoms with van der Waals surface area (Å²) >= 11 is 1.81. The van der Waals surface area contributed by atoms with Crippen LogP contribution in [-0.4, -0.2) is 20.1 Å². The molecule has 1 aliphatic carbocycles. The molecule has 18 heavy (non-hydrogen) atoms. The van der Waals surface area contributed by atoms with Crippen LogP contribution >= 0.6 is 11.8 Å². The fraction of sp³-hybridized carbons (Fsp3) is 0.200. The molecule has 0 aromatic heterocycles. The molecule has 1 atom stereocenters. The molecule has 1 aromatic carbocycles. The third kappa shape index (κ3) is 2.00. The van der Waals surface area contributed by atoms with E-state index in [4.69, 9.17) is 5.73 Å². The Bertz CT molecular complexity index is 582. The van der Waals surface area contributed by atoms with E-state index in [1.807, 2.05) is 17.8 Å². The molecular formula is C15H16N2S. The third-order valence-electron chi connectivity index (χ3n) is 3.17. The number of allylic oxidation sites excluding steroid dienone is 2. The van der Waals surface area contributed by atoms with E-state index in [9.17, 15) is 0 Å². The zero-order valence-electron chi connectivity index (χ0n) is 10.6. The van der Waals surface area contributed by atoms with Gasteiger partial charge in [0.1, 0.15) is 0 Å². The highest BCUT2D eigenvalue weighted by atomic mass is 32.2. The van der Waals surface area contributed by atoms with Crippen molar-refractivity contribution < 1.29 is 0 Å². The maximum absolute atomic E-state index is 5.93. The van der Waals surface area contributed by atoms with Crippen molar-refractivity contribution in [3.05, 3.63) is 52.5 Å². The first kappa shape index (κ1) is 11.6. The van der Waals surface area contributed by atoms with Crippen molar-refractivity contribution in [1.82, 2.24) is 0 Å². The normalized spacial score (nSPS) is 20.7. The summed E-state index contributed by atoms with van der Waals surface area (Å²) in [6, 6.07) is 6.62. The first-order chi connectivity index (χ1) is 8.63. The monoisotopic (exact) mass is 256 g/mol. The van der Waals surface area contributed by atoms with Gasteiger partial charge in [0, 0.05) is 35.6 Å². The minimum atomic E-state index is 0.0447. The number of nitrogens with zero attached hydrogens (tertiary/aromatic N) is 1. The van der Waals surface area contributed by atoms with Gasteiger partial charge in [0.2, 0.25) is 0 Å². The van der Waals surface area contributed by atoms with Crippen LogP contribution in [0.2, 0.25) is 0 Å². The van der Waals surface area contributed by atoms with Crippen molar-refractivity contribution in [2.45, 2.75) is 10.9 Å². The molecule has 0 spiro atoms. The van der Waals surface area contributed by atoms with E-state index >= 15 is 0 Å². The molecule has 0 fully saturated rings. The number of hydrogen-bond donors (Lipinski definition) is 1. The van der Waals surface area contributed by atoms with E-state index in [2.05, 4.69) is 55.4 Å². The molecule has 1 heterocycles. The smallest absolute Gasteiger partial charge is 0.0427 e. The topological polar surface area (TPSA) is 29.3 Å². The van der Waals surface area contributed by atoms with Crippen LogP contribution in [0.4, 0.5) is 5.69 Å². The molecule has 0 bridgehead atoms. The molecule has 2 nitrogen and oxygen atoms in total. The molecule has 3 rings (SSSR count). The summed E-state index contributed by atoms with van der Waals surface area (Å²) < 4.78 is 0. The van der Waals surface area contributed by atoms with E-state index in [0.717, 1.165) is 0 Å². The second-order valence-electron chi connectivity index (χ2n) is 4.79. The second kappa shape index (κ2) is 4.34. The number of thioether (sulfide) groups is 1. The maximum Gasteiger partial charge on any atom is 0.0427 e. The van der Waals surface area contributed by atoms with Gasteiger partial charge in [0.05, 0.1) is 0 Å². The second-order valence-corrected chi connectivity index (χ2v) is 5.87. The molecule has 1 unspecified atom stereocenters. The Kier molecular flexibility index (Phi) is 2.80. The van der Waals surface area contributed by atoms with Crippen LogP contribution in [0.5, 0.6) is 0 Å². The van der Waals surface area contributed by atoms with Gasteiger partial charge in [-0.3, -0.25) is 0 Å². The molecule has 0 amide bonds. The number of rotatable bonds is 1. The summed E-state index contributed by atoms with van der Waals surface area (Å²) in [6.45, 7) is 0. The largest absolute Gasteiger partial charge is 0.378 e. The number of nitrogens with two attached hydrogens (primary N) is 1. The highest BCUT2D eigenvalue weighted by Gasteiger charge is 2.18. The molecule has 2 aliphatic rings. The Hall–Kier alpha value is -1.45. The van der Waals surface area contributed by atoms with E-state index in [-0.39, 0.29) is 6.04 Å². The lowest BCUT2D eigenvalue weighted by Gasteiger charge is -2.23. The molecule has 0 saturated heterocycles. The first-order valence-electron chi connectivity index (χ1n) is 6.00. The molecule has 2 N–H and O–H groups in total. The Labute approximate surface area is 112 Å². The standard InChI is InChI=1S/C15H16N2S/c1-17(2)13-6-4-11-7-10-3-5-12(16)8-14(10)18-15(11)9-13/h3-9,12H,16H2,1-2H3. The van der Waals surface area contributed by atoms with Gasteiger partial charge >= 0.3 is 0 Å². The molecule has 1 aromatic rings. The number of fused-ring (bicyclic) bond motifs is 2. The van der Waals surface area contributed by atoms with Crippen LogP contribution in [-0.2, 0) is 0 Å². The minimum Gasteiger partial charge on any atom is -0.378 e. The number of hydrogen-bond acceptors (Lipinski definition) is 3. The van der Waals surface area contributed by atoms with Crippen molar-refractivity contribution in [1.29, 1.82) is 0 Å². The highest BCUT2D eigenvalue weighted by Crippen LogP contribution is 2.43. The Morgan fingerprint density at radius 2 is 2.11 bits per heavy atom. The van der Waals surface area contributed by atoms with Crippen LogP contribution in [0.1, 0.15) is 5.56 Å². The van der Waals surface area contributed by atoms with Gasteiger partial charge in [-0.15, -0.1) is 0 Å². The third-order valence-corrected chi connectivity index (χ3v) is 4.34.